The normalized spacial score (nSPS) is 19.3. The number of ether oxygens (including phenoxy) is 2. The third-order valence-electron chi connectivity index (χ3n) is 4.96. The van der Waals surface area contributed by atoms with E-state index in [4.69, 9.17) is 9.47 Å². The summed E-state index contributed by atoms with van der Waals surface area (Å²) in [7, 11) is 0. The lowest BCUT2D eigenvalue weighted by atomic mass is 10.2. The van der Waals surface area contributed by atoms with Crippen molar-refractivity contribution >= 4 is 17.5 Å². The quantitative estimate of drug-likeness (QED) is 0.831. The van der Waals surface area contributed by atoms with Crippen LogP contribution in [-0.2, 0) is 9.47 Å². The molecule has 0 bridgehead atoms. The molecule has 0 aliphatic carbocycles. The fourth-order valence-corrected chi connectivity index (χ4v) is 3.38. The molecule has 2 aliphatic rings. The van der Waals surface area contributed by atoms with E-state index in [2.05, 4.69) is 32.1 Å². The average Bonchev–Trinajstić information content (AvgIpc) is 2.68. The van der Waals surface area contributed by atoms with Gasteiger partial charge in [0.05, 0.1) is 19.8 Å². The number of rotatable bonds is 6. The highest BCUT2D eigenvalue weighted by Gasteiger charge is 2.18. The van der Waals surface area contributed by atoms with Crippen molar-refractivity contribution in [1.29, 1.82) is 0 Å². The van der Waals surface area contributed by atoms with Crippen LogP contribution in [0.15, 0.2) is 24.3 Å². The molecule has 2 saturated heterocycles. The minimum Gasteiger partial charge on any atom is -0.450 e. The van der Waals surface area contributed by atoms with Gasteiger partial charge in [0.25, 0.3) is 0 Å². The third kappa shape index (κ3) is 5.59. The van der Waals surface area contributed by atoms with Gasteiger partial charge in [-0.2, -0.15) is 0 Å². The molecule has 0 saturated carbocycles. The number of amides is 1. The molecule has 7 nitrogen and oxygen atoms in total. The number of benzene rings is 1. The number of carbonyl (C=O) groups is 1. The summed E-state index contributed by atoms with van der Waals surface area (Å²) in [6, 6.07) is 7.98. The molecule has 1 amide bonds. The smallest absolute Gasteiger partial charge is 0.411 e. The van der Waals surface area contributed by atoms with E-state index in [0.717, 1.165) is 71.3 Å². The van der Waals surface area contributed by atoms with Crippen molar-refractivity contribution < 1.29 is 14.3 Å². The van der Waals surface area contributed by atoms with Crippen LogP contribution >= 0.6 is 0 Å². The van der Waals surface area contributed by atoms with Crippen LogP contribution in [0.25, 0.3) is 0 Å². The van der Waals surface area contributed by atoms with Gasteiger partial charge < -0.3 is 14.4 Å². The van der Waals surface area contributed by atoms with Crippen molar-refractivity contribution in [3.8, 4) is 0 Å². The van der Waals surface area contributed by atoms with E-state index in [1.807, 2.05) is 12.1 Å². The number of carbonyl (C=O) groups excluding carboxylic acids is 1. The number of hydrogen-bond donors (Lipinski definition) is 1. The van der Waals surface area contributed by atoms with Crippen LogP contribution in [-0.4, -0.2) is 88.1 Å². The zero-order valence-electron chi connectivity index (χ0n) is 15.7. The second kappa shape index (κ2) is 9.75. The Kier molecular flexibility index (Phi) is 7.11. The number of hydrogen-bond acceptors (Lipinski definition) is 6. The Morgan fingerprint density at radius 1 is 1.00 bits per heavy atom. The maximum absolute atomic E-state index is 11.5. The van der Waals surface area contributed by atoms with E-state index in [1.54, 1.807) is 6.92 Å². The molecule has 1 N–H and O–H groups in total. The molecular weight excluding hydrogens is 332 g/mol. The summed E-state index contributed by atoms with van der Waals surface area (Å²) >= 11 is 0. The van der Waals surface area contributed by atoms with Gasteiger partial charge in [-0.25, -0.2) is 4.79 Å². The molecule has 2 fully saturated rings. The van der Waals surface area contributed by atoms with Gasteiger partial charge >= 0.3 is 6.09 Å². The molecule has 0 radical (unpaired) electrons. The van der Waals surface area contributed by atoms with E-state index in [0.29, 0.717) is 6.61 Å². The number of anilines is 2. The lowest BCUT2D eigenvalue weighted by Gasteiger charge is -2.37. The largest absolute Gasteiger partial charge is 0.450 e. The van der Waals surface area contributed by atoms with Crippen LogP contribution < -0.4 is 10.2 Å². The summed E-state index contributed by atoms with van der Waals surface area (Å²) in [6.07, 6.45) is -0.408. The molecule has 7 heteroatoms. The highest BCUT2D eigenvalue weighted by molar-refractivity contribution is 5.84. The molecule has 2 aliphatic heterocycles. The first-order chi connectivity index (χ1) is 12.7. The van der Waals surface area contributed by atoms with E-state index in [-0.39, 0.29) is 0 Å². The fourth-order valence-electron chi connectivity index (χ4n) is 3.38. The van der Waals surface area contributed by atoms with Gasteiger partial charge in [-0.3, -0.25) is 15.1 Å². The van der Waals surface area contributed by atoms with Crippen LogP contribution in [0.5, 0.6) is 0 Å². The number of morpholine rings is 1. The molecule has 0 spiro atoms. The predicted molar refractivity (Wildman–Crippen MR) is 103 cm³/mol. The van der Waals surface area contributed by atoms with E-state index in [1.165, 1.54) is 5.69 Å². The molecule has 0 unspecified atom stereocenters. The van der Waals surface area contributed by atoms with E-state index >= 15 is 0 Å². The minimum absolute atomic E-state index is 0.375. The maximum Gasteiger partial charge on any atom is 0.411 e. The Balaban J connectivity index is 1.40. The summed E-state index contributed by atoms with van der Waals surface area (Å²) < 4.78 is 10.3. The number of piperazine rings is 1. The standard InChI is InChI=1S/C19H30N4O3/c1-2-26-19(24)20-17-3-5-18(6-4-17)23-11-9-21(10-12-23)7-8-22-13-15-25-16-14-22/h3-6H,2,7-16H2,1H3,(H,20,24). The summed E-state index contributed by atoms with van der Waals surface area (Å²) in [4.78, 5) is 18.9. The van der Waals surface area contributed by atoms with Gasteiger partial charge in [-0.05, 0) is 31.2 Å². The number of nitrogens with one attached hydrogen (secondary N) is 1. The van der Waals surface area contributed by atoms with Gasteiger partial charge in [-0.1, -0.05) is 0 Å². The summed E-state index contributed by atoms with van der Waals surface area (Å²) in [6.45, 7) is 12.6. The first kappa shape index (κ1) is 18.9. The van der Waals surface area contributed by atoms with Gasteiger partial charge in [0.15, 0.2) is 0 Å². The van der Waals surface area contributed by atoms with Crippen LogP contribution in [0, 0.1) is 0 Å². The van der Waals surface area contributed by atoms with Gasteiger partial charge in [0, 0.05) is 63.7 Å². The molecule has 2 heterocycles. The molecule has 0 aromatic heterocycles. The Labute approximate surface area is 155 Å². The highest BCUT2D eigenvalue weighted by Crippen LogP contribution is 2.19. The minimum atomic E-state index is -0.408. The molecule has 144 valence electrons. The van der Waals surface area contributed by atoms with Crippen molar-refractivity contribution in [3.05, 3.63) is 24.3 Å². The molecule has 0 atom stereocenters. The topological polar surface area (TPSA) is 57.3 Å². The Morgan fingerprint density at radius 2 is 1.62 bits per heavy atom. The zero-order chi connectivity index (χ0) is 18.2. The first-order valence-corrected chi connectivity index (χ1v) is 9.56. The van der Waals surface area contributed by atoms with Crippen molar-refractivity contribution in [1.82, 2.24) is 9.80 Å². The van der Waals surface area contributed by atoms with Crippen molar-refractivity contribution in [2.24, 2.45) is 0 Å². The Hall–Kier alpha value is -1.83. The average molecular weight is 362 g/mol. The van der Waals surface area contributed by atoms with Crippen molar-refractivity contribution in [3.63, 3.8) is 0 Å². The summed E-state index contributed by atoms with van der Waals surface area (Å²) in [5, 5.41) is 2.73. The van der Waals surface area contributed by atoms with Gasteiger partial charge in [0.2, 0.25) is 0 Å². The van der Waals surface area contributed by atoms with Crippen LogP contribution in [0.4, 0.5) is 16.2 Å². The first-order valence-electron chi connectivity index (χ1n) is 9.56. The Bertz CT molecular complexity index is 552. The Morgan fingerprint density at radius 3 is 2.23 bits per heavy atom. The monoisotopic (exact) mass is 362 g/mol. The van der Waals surface area contributed by atoms with Gasteiger partial charge in [-0.15, -0.1) is 0 Å². The maximum atomic E-state index is 11.5. The SMILES string of the molecule is CCOC(=O)Nc1ccc(N2CCN(CCN3CCOCC3)CC2)cc1. The second-order valence-electron chi connectivity index (χ2n) is 6.68. The van der Waals surface area contributed by atoms with Crippen molar-refractivity contribution in [2.75, 3.05) is 82.4 Å². The van der Waals surface area contributed by atoms with Gasteiger partial charge in [0.1, 0.15) is 0 Å². The fraction of sp³-hybridized carbons (Fsp3) is 0.632. The van der Waals surface area contributed by atoms with E-state index in [9.17, 15) is 4.79 Å². The zero-order valence-corrected chi connectivity index (χ0v) is 15.7. The highest BCUT2D eigenvalue weighted by atomic mass is 16.5. The summed E-state index contributed by atoms with van der Waals surface area (Å²) in [5.41, 5.74) is 1.96. The molecule has 3 rings (SSSR count). The third-order valence-corrected chi connectivity index (χ3v) is 4.96. The molecule has 26 heavy (non-hydrogen) atoms. The lowest BCUT2D eigenvalue weighted by Crippen LogP contribution is -2.49. The van der Waals surface area contributed by atoms with Crippen LogP contribution in [0.3, 0.4) is 0 Å². The molecule has 1 aromatic rings. The molecular formula is C19H30N4O3. The van der Waals surface area contributed by atoms with Crippen LogP contribution in [0.1, 0.15) is 6.92 Å². The molecule has 1 aromatic carbocycles. The predicted octanol–water partition coefficient (Wildman–Crippen LogP) is 1.71. The lowest BCUT2D eigenvalue weighted by molar-refractivity contribution is 0.0331. The van der Waals surface area contributed by atoms with E-state index < -0.39 is 6.09 Å². The van der Waals surface area contributed by atoms with Crippen molar-refractivity contribution in [2.45, 2.75) is 6.92 Å². The second-order valence-corrected chi connectivity index (χ2v) is 6.68. The van der Waals surface area contributed by atoms with Crippen LogP contribution in [0.2, 0.25) is 0 Å². The summed E-state index contributed by atoms with van der Waals surface area (Å²) in [5.74, 6) is 0. The number of nitrogens with zero attached hydrogens (tertiary/aromatic N) is 3.